The first kappa shape index (κ1) is 15.5. The molecule has 6 nitrogen and oxygen atoms in total. The van der Waals surface area contributed by atoms with Crippen molar-refractivity contribution in [3.8, 4) is 5.75 Å². The van der Waals surface area contributed by atoms with Crippen LogP contribution in [0.4, 0.5) is 5.13 Å². The average Bonchev–Trinajstić information content (AvgIpc) is 3.13. The zero-order valence-corrected chi connectivity index (χ0v) is 14.1. The van der Waals surface area contributed by atoms with Crippen molar-refractivity contribution >= 4 is 22.4 Å². The van der Waals surface area contributed by atoms with Gasteiger partial charge in [-0.05, 0) is 49.9 Å². The summed E-state index contributed by atoms with van der Waals surface area (Å²) in [4.78, 5) is 12.3. The first-order valence-corrected chi connectivity index (χ1v) is 9.09. The van der Waals surface area contributed by atoms with Crippen molar-refractivity contribution < 1.29 is 14.3 Å². The number of hydrogen-bond donors (Lipinski definition) is 1. The van der Waals surface area contributed by atoms with Crippen LogP contribution in [0.3, 0.4) is 0 Å². The number of hydrogen-bond acceptors (Lipinski definition) is 6. The Hall–Kier alpha value is -1.99. The van der Waals surface area contributed by atoms with Gasteiger partial charge in [-0.15, -0.1) is 10.2 Å². The average molecular weight is 345 g/mol. The van der Waals surface area contributed by atoms with Gasteiger partial charge in [-0.25, -0.2) is 0 Å². The summed E-state index contributed by atoms with van der Waals surface area (Å²) in [5.74, 6) is 1.11. The molecule has 24 heavy (non-hydrogen) atoms. The van der Waals surface area contributed by atoms with E-state index in [9.17, 15) is 4.79 Å². The molecule has 1 saturated heterocycles. The molecule has 1 unspecified atom stereocenters. The van der Waals surface area contributed by atoms with Crippen LogP contribution in [-0.2, 0) is 4.74 Å². The number of benzene rings is 1. The van der Waals surface area contributed by atoms with Crippen LogP contribution in [0.1, 0.15) is 47.0 Å². The lowest BCUT2D eigenvalue weighted by Crippen LogP contribution is -2.16. The van der Waals surface area contributed by atoms with Gasteiger partial charge in [-0.3, -0.25) is 10.1 Å². The summed E-state index contributed by atoms with van der Waals surface area (Å²) in [7, 11) is 0. The van der Waals surface area contributed by atoms with Gasteiger partial charge >= 0.3 is 0 Å². The highest BCUT2D eigenvalue weighted by molar-refractivity contribution is 7.15. The number of nitrogens with zero attached hydrogens (tertiary/aromatic N) is 2. The van der Waals surface area contributed by atoms with Crippen molar-refractivity contribution in [3.63, 3.8) is 0 Å². The molecule has 1 aromatic heterocycles. The van der Waals surface area contributed by atoms with Gasteiger partial charge in [-0.1, -0.05) is 11.3 Å². The van der Waals surface area contributed by atoms with Crippen molar-refractivity contribution in [3.05, 3.63) is 34.8 Å². The lowest BCUT2D eigenvalue weighted by atomic mass is 10.2. The second-order valence-electron chi connectivity index (χ2n) is 6.14. The van der Waals surface area contributed by atoms with E-state index in [-0.39, 0.29) is 12.0 Å². The van der Waals surface area contributed by atoms with E-state index in [4.69, 9.17) is 9.47 Å². The van der Waals surface area contributed by atoms with Crippen LogP contribution in [0.15, 0.2) is 24.3 Å². The standard InChI is InChI=1S/C17H19N3O3S/c21-15(18-17-20-19-16(24-17)12-3-4-12)11-5-7-13(8-6-11)23-10-14-2-1-9-22-14/h5-8,12,14H,1-4,9-10H2,(H,18,20,21). The lowest BCUT2D eigenvalue weighted by Gasteiger charge is -2.11. The molecule has 7 heteroatoms. The predicted octanol–water partition coefficient (Wildman–Crippen LogP) is 3.23. The molecule has 1 amide bonds. The fourth-order valence-corrected chi connectivity index (χ4v) is 3.52. The Bertz CT molecular complexity index is 706. The van der Waals surface area contributed by atoms with Crippen molar-refractivity contribution in [2.45, 2.75) is 37.7 Å². The lowest BCUT2D eigenvalue weighted by molar-refractivity contribution is 0.0679. The van der Waals surface area contributed by atoms with Gasteiger partial charge in [0, 0.05) is 18.1 Å². The Kier molecular flexibility index (Phi) is 4.44. The van der Waals surface area contributed by atoms with Crippen molar-refractivity contribution in [2.75, 3.05) is 18.5 Å². The maximum atomic E-state index is 12.3. The summed E-state index contributed by atoms with van der Waals surface area (Å²) in [5.41, 5.74) is 0.572. The van der Waals surface area contributed by atoms with E-state index in [0.29, 0.717) is 23.2 Å². The van der Waals surface area contributed by atoms with Gasteiger partial charge in [0.1, 0.15) is 17.4 Å². The second-order valence-corrected chi connectivity index (χ2v) is 7.15. The van der Waals surface area contributed by atoms with Gasteiger partial charge in [0.05, 0.1) is 6.10 Å². The van der Waals surface area contributed by atoms with E-state index in [0.717, 1.165) is 30.2 Å². The molecule has 2 aliphatic rings. The maximum Gasteiger partial charge on any atom is 0.257 e. The Labute approximate surface area is 144 Å². The Morgan fingerprint density at radius 3 is 2.79 bits per heavy atom. The van der Waals surface area contributed by atoms with Crippen LogP contribution < -0.4 is 10.1 Å². The van der Waals surface area contributed by atoms with E-state index in [2.05, 4.69) is 15.5 Å². The van der Waals surface area contributed by atoms with Gasteiger partial charge in [0.15, 0.2) is 0 Å². The van der Waals surface area contributed by atoms with E-state index < -0.39 is 0 Å². The molecule has 1 saturated carbocycles. The van der Waals surface area contributed by atoms with E-state index in [1.807, 2.05) is 0 Å². The number of nitrogens with one attached hydrogen (secondary N) is 1. The monoisotopic (exact) mass is 345 g/mol. The molecule has 0 bridgehead atoms. The summed E-state index contributed by atoms with van der Waals surface area (Å²) in [6, 6.07) is 7.12. The number of rotatable bonds is 6. The van der Waals surface area contributed by atoms with Gasteiger partial charge in [0.25, 0.3) is 5.91 Å². The smallest absolute Gasteiger partial charge is 0.257 e. The molecule has 2 heterocycles. The summed E-state index contributed by atoms with van der Waals surface area (Å²) in [6.07, 6.45) is 4.68. The van der Waals surface area contributed by atoms with E-state index >= 15 is 0 Å². The Morgan fingerprint density at radius 1 is 1.25 bits per heavy atom. The Morgan fingerprint density at radius 2 is 2.08 bits per heavy atom. The van der Waals surface area contributed by atoms with Crippen molar-refractivity contribution in [1.29, 1.82) is 0 Å². The molecular weight excluding hydrogens is 326 g/mol. The Balaban J connectivity index is 1.32. The summed E-state index contributed by atoms with van der Waals surface area (Å²) in [6.45, 7) is 1.38. The number of carbonyl (C=O) groups is 1. The van der Waals surface area contributed by atoms with Crippen LogP contribution >= 0.6 is 11.3 Å². The molecule has 1 aliphatic carbocycles. The molecule has 2 aromatic rings. The normalized spacial score (nSPS) is 20.1. The third-order valence-electron chi connectivity index (χ3n) is 4.16. The van der Waals surface area contributed by atoms with Gasteiger partial charge in [0.2, 0.25) is 5.13 Å². The number of aromatic nitrogens is 2. The molecule has 0 spiro atoms. The zero-order chi connectivity index (χ0) is 16.4. The molecule has 0 radical (unpaired) electrons. The number of anilines is 1. The highest BCUT2D eigenvalue weighted by atomic mass is 32.1. The van der Waals surface area contributed by atoms with Gasteiger partial charge in [-0.2, -0.15) is 0 Å². The predicted molar refractivity (Wildman–Crippen MR) is 90.7 cm³/mol. The second kappa shape index (κ2) is 6.86. The molecule has 1 aromatic carbocycles. The SMILES string of the molecule is O=C(Nc1nnc(C2CC2)s1)c1ccc(OCC2CCCO2)cc1. The molecular formula is C17H19N3O3S. The third kappa shape index (κ3) is 3.73. The van der Waals surface area contributed by atoms with Crippen LogP contribution in [-0.4, -0.2) is 35.4 Å². The van der Waals surface area contributed by atoms with Gasteiger partial charge < -0.3 is 9.47 Å². The number of carbonyl (C=O) groups excluding carboxylic acids is 1. The van der Waals surface area contributed by atoms with Crippen LogP contribution in [0, 0.1) is 0 Å². The van der Waals surface area contributed by atoms with E-state index in [1.54, 1.807) is 24.3 Å². The summed E-state index contributed by atoms with van der Waals surface area (Å²) < 4.78 is 11.2. The zero-order valence-electron chi connectivity index (χ0n) is 13.2. The first-order valence-electron chi connectivity index (χ1n) is 8.27. The quantitative estimate of drug-likeness (QED) is 0.870. The summed E-state index contributed by atoms with van der Waals surface area (Å²) in [5, 5.41) is 12.5. The first-order chi connectivity index (χ1) is 11.8. The third-order valence-corrected chi connectivity index (χ3v) is 5.17. The van der Waals surface area contributed by atoms with Crippen LogP contribution in [0.5, 0.6) is 5.75 Å². The molecule has 1 N–H and O–H groups in total. The minimum absolute atomic E-state index is 0.181. The minimum atomic E-state index is -0.181. The highest BCUT2D eigenvalue weighted by Gasteiger charge is 2.27. The maximum absolute atomic E-state index is 12.3. The molecule has 126 valence electrons. The van der Waals surface area contributed by atoms with E-state index in [1.165, 1.54) is 24.2 Å². The molecule has 4 rings (SSSR count). The highest BCUT2D eigenvalue weighted by Crippen LogP contribution is 2.42. The van der Waals surface area contributed by atoms with Crippen molar-refractivity contribution in [2.24, 2.45) is 0 Å². The largest absolute Gasteiger partial charge is 0.491 e. The van der Waals surface area contributed by atoms with Crippen LogP contribution in [0.2, 0.25) is 0 Å². The molecule has 1 aliphatic heterocycles. The molecule has 1 atom stereocenters. The molecule has 2 fully saturated rings. The topological polar surface area (TPSA) is 73.3 Å². The minimum Gasteiger partial charge on any atom is -0.491 e. The fraction of sp³-hybridized carbons (Fsp3) is 0.471. The van der Waals surface area contributed by atoms with Crippen molar-refractivity contribution in [1.82, 2.24) is 10.2 Å². The number of amides is 1. The van der Waals surface area contributed by atoms with Crippen LogP contribution in [0.25, 0.3) is 0 Å². The summed E-state index contributed by atoms with van der Waals surface area (Å²) >= 11 is 1.46. The fourth-order valence-electron chi connectivity index (χ4n) is 2.62. The number of ether oxygens (including phenoxy) is 2.